The fraction of sp³-hybridized carbons (Fsp3) is 0.875. The van der Waals surface area contributed by atoms with Crippen LogP contribution in [0.2, 0.25) is 0 Å². The lowest BCUT2D eigenvalue weighted by Crippen LogP contribution is -2.40. The van der Waals surface area contributed by atoms with Gasteiger partial charge in [-0.05, 0) is 12.8 Å². The van der Waals surface area contributed by atoms with Crippen molar-refractivity contribution in [1.29, 1.82) is 0 Å². The zero-order chi connectivity index (χ0) is 6.86. The average Bonchev–Trinajstić information content (AvgIpc) is 2.39. The monoisotopic (exact) mass is 140 g/mol. The molecule has 0 bridgehead atoms. The predicted octanol–water partition coefficient (Wildman–Crippen LogP) is 1.29. The van der Waals surface area contributed by atoms with Crippen LogP contribution in [0.4, 0.5) is 0 Å². The van der Waals surface area contributed by atoms with Crippen molar-refractivity contribution in [3.05, 3.63) is 6.73 Å². The molecule has 0 unspecified atom stereocenters. The molecule has 2 aliphatic rings. The molecule has 1 spiro atoms. The van der Waals surface area contributed by atoms with Gasteiger partial charge in [-0.25, -0.2) is 0 Å². The number of ether oxygens (including phenoxy) is 1. The minimum atomic E-state index is 0.509. The van der Waals surface area contributed by atoms with E-state index in [4.69, 9.17) is 4.74 Å². The minimum Gasteiger partial charge on any atom is -0.358 e. The maximum atomic E-state index is 5.27. The van der Waals surface area contributed by atoms with Crippen LogP contribution in [0.15, 0.2) is 0 Å². The van der Waals surface area contributed by atoms with Gasteiger partial charge in [-0.15, -0.1) is 0 Å². The molecule has 2 fully saturated rings. The molecule has 1 N–H and O–H groups in total. The fourth-order valence-electron chi connectivity index (χ4n) is 2.03. The van der Waals surface area contributed by atoms with Crippen molar-refractivity contribution in [3.63, 3.8) is 0 Å². The second-order valence-corrected chi connectivity index (χ2v) is 3.52. The van der Waals surface area contributed by atoms with Crippen LogP contribution in [-0.4, -0.2) is 13.2 Å². The van der Waals surface area contributed by atoms with Crippen LogP contribution in [0, 0.1) is 12.1 Å². The van der Waals surface area contributed by atoms with Gasteiger partial charge in [-0.3, -0.25) is 5.32 Å². The zero-order valence-electron chi connectivity index (χ0n) is 6.23. The Morgan fingerprint density at radius 2 is 2.10 bits per heavy atom. The molecule has 0 atom stereocenters. The van der Waals surface area contributed by atoms with E-state index in [0.717, 1.165) is 13.2 Å². The lowest BCUT2D eigenvalue weighted by molar-refractivity contribution is 0.0351. The number of rotatable bonds is 0. The fourth-order valence-corrected chi connectivity index (χ4v) is 2.03. The molecule has 0 amide bonds. The molecular weight excluding hydrogens is 126 g/mol. The highest BCUT2D eigenvalue weighted by molar-refractivity contribution is 4.89. The van der Waals surface area contributed by atoms with Crippen molar-refractivity contribution in [1.82, 2.24) is 5.32 Å². The number of nitrogens with one attached hydrogen (secondary N) is 1. The van der Waals surface area contributed by atoms with E-state index >= 15 is 0 Å². The van der Waals surface area contributed by atoms with E-state index in [1.54, 1.807) is 6.73 Å². The summed E-state index contributed by atoms with van der Waals surface area (Å²) < 4.78 is 5.27. The Bertz CT molecular complexity index is 110. The van der Waals surface area contributed by atoms with E-state index in [2.05, 4.69) is 5.32 Å². The van der Waals surface area contributed by atoms with Gasteiger partial charge >= 0.3 is 0 Å². The largest absolute Gasteiger partial charge is 0.358 e. The first-order chi connectivity index (χ1) is 4.91. The first kappa shape index (κ1) is 6.62. The molecule has 1 aliphatic carbocycles. The molecule has 1 heterocycles. The van der Waals surface area contributed by atoms with Gasteiger partial charge in [0, 0.05) is 12.0 Å². The van der Waals surface area contributed by atoms with Crippen LogP contribution < -0.4 is 5.32 Å². The quantitative estimate of drug-likeness (QED) is 0.547. The average molecular weight is 140 g/mol. The van der Waals surface area contributed by atoms with E-state index < -0.39 is 0 Å². The molecular formula is C8H14NO. The second-order valence-electron chi connectivity index (χ2n) is 3.52. The lowest BCUT2D eigenvalue weighted by Gasteiger charge is -2.32. The standard InChI is InChI=1S/C8H14NO/c1-2-4-8(3-1)5-9-7-10-6-8/h7,9H,1-6H2. The van der Waals surface area contributed by atoms with Crippen LogP contribution in [0.1, 0.15) is 25.7 Å². The normalized spacial score (nSPS) is 31.2. The SMILES string of the molecule is [CH]1NCC2(CCCC2)CO1. The maximum absolute atomic E-state index is 5.27. The van der Waals surface area contributed by atoms with Crippen molar-refractivity contribution in [2.75, 3.05) is 13.2 Å². The molecule has 10 heavy (non-hydrogen) atoms. The summed E-state index contributed by atoms with van der Waals surface area (Å²) in [5.41, 5.74) is 0.509. The zero-order valence-corrected chi connectivity index (χ0v) is 6.23. The van der Waals surface area contributed by atoms with Gasteiger partial charge in [0.25, 0.3) is 0 Å². The summed E-state index contributed by atoms with van der Waals surface area (Å²) in [7, 11) is 0. The van der Waals surface area contributed by atoms with Crippen molar-refractivity contribution >= 4 is 0 Å². The number of hydrogen-bond acceptors (Lipinski definition) is 2. The molecule has 1 saturated carbocycles. The highest BCUT2D eigenvalue weighted by Crippen LogP contribution is 2.39. The molecule has 0 aromatic rings. The van der Waals surface area contributed by atoms with Crippen LogP contribution >= 0.6 is 0 Å². The van der Waals surface area contributed by atoms with Gasteiger partial charge in [0.15, 0.2) is 0 Å². The molecule has 1 saturated heterocycles. The summed E-state index contributed by atoms with van der Waals surface area (Å²) in [5.74, 6) is 0. The van der Waals surface area contributed by atoms with Gasteiger partial charge in [0.2, 0.25) is 0 Å². The van der Waals surface area contributed by atoms with Gasteiger partial charge in [0.05, 0.1) is 6.61 Å². The summed E-state index contributed by atoms with van der Waals surface area (Å²) >= 11 is 0. The van der Waals surface area contributed by atoms with E-state index in [0.29, 0.717) is 5.41 Å². The van der Waals surface area contributed by atoms with Gasteiger partial charge in [-0.1, -0.05) is 12.8 Å². The molecule has 2 rings (SSSR count). The minimum absolute atomic E-state index is 0.509. The summed E-state index contributed by atoms with van der Waals surface area (Å²) in [6, 6.07) is 0. The Morgan fingerprint density at radius 3 is 2.70 bits per heavy atom. The van der Waals surface area contributed by atoms with Crippen molar-refractivity contribution in [3.8, 4) is 0 Å². The van der Waals surface area contributed by atoms with E-state index in [1.165, 1.54) is 25.7 Å². The second kappa shape index (κ2) is 2.51. The van der Waals surface area contributed by atoms with Crippen LogP contribution in [0.3, 0.4) is 0 Å². The molecule has 2 nitrogen and oxygen atoms in total. The Labute approximate surface area is 61.9 Å². The third kappa shape index (κ3) is 1.06. The van der Waals surface area contributed by atoms with Gasteiger partial charge in [0.1, 0.15) is 6.73 Å². The predicted molar refractivity (Wildman–Crippen MR) is 39.2 cm³/mol. The van der Waals surface area contributed by atoms with Gasteiger partial charge < -0.3 is 4.74 Å². The third-order valence-electron chi connectivity index (χ3n) is 2.70. The number of hydrogen-bond donors (Lipinski definition) is 1. The summed E-state index contributed by atoms with van der Waals surface area (Å²) in [6.07, 6.45) is 5.50. The Hall–Kier alpha value is -0.0800. The van der Waals surface area contributed by atoms with Crippen LogP contribution in [-0.2, 0) is 4.74 Å². The Kier molecular flexibility index (Phi) is 1.66. The van der Waals surface area contributed by atoms with Gasteiger partial charge in [-0.2, -0.15) is 0 Å². The third-order valence-corrected chi connectivity index (χ3v) is 2.70. The highest BCUT2D eigenvalue weighted by atomic mass is 16.5. The van der Waals surface area contributed by atoms with E-state index in [-0.39, 0.29) is 0 Å². The van der Waals surface area contributed by atoms with Crippen molar-refractivity contribution in [2.45, 2.75) is 25.7 Å². The van der Waals surface area contributed by atoms with E-state index in [9.17, 15) is 0 Å². The highest BCUT2D eigenvalue weighted by Gasteiger charge is 2.35. The Morgan fingerprint density at radius 1 is 1.30 bits per heavy atom. The lowest BCUT2D eigenvalue weighted by atomic mass is 9.87. The Balaban J connectivity index is 1.98. The molecule has 57 valence electrons. The van der Waals surface area contributed by atoms with Crippen molar-refractivity contribution < 1.29 is 4.74 Å². The molecule has 0 aromatic carbocycles. The first-order valence-corrected chi connectivity index (χ1v) is 4.08. The molecule has 1 aliphatic heterocycles. The first-order valence-electron chi connectivity index (χ1n) is 4.08. The molecule has 2 heteroatoms. The summed E-state index contributed by atoms with van der Waals surface area (Å²) in [5, 5.41) is 3.17. The van der Waals surface area contributed by atoms with Crippen LogP contribution in [0.5, 0.6) is 0 Å². The molecule has 0 aromatic heterocycles. The van der Waals surface area contributed by atoms with E-state index in [1.807, 2.05) is 0 Å². The summed E-state index contributed by atoms with van der Waals surface area (Å²) in [4.78, 5) is 0. The molecule has 1 radical (unpaired) electrons. The van der Waals surface area contributed by atoms with Crippen molar-refractivity contribution in [2.24, 2.45) is 5.41 Å². The smallest absolute Gasteiger partial charge is 0.148 e. The maximum Gasteiger partial charge on any atom is 0.148 e. The topological polar surface area (TPSA) is 21.3 Å². The summed E-state index contributed by atoms with van der Waals surface area (Å²) in [6.45, 7) is 3.80. The van der Waals surface area contributed by atoms with Crippen LogP contribution in [0.25, 0.3) is 0 Å².